The summed E-state index contributed by atoms with van der Waals surface area (Å²) >= 11 is 1.42. The quantitative estimate of drug-likeness (QED) is 0.546. The molecular weight excluding hydrogens is 396 g/mol. The minimum absolute atomic E-state index is 0.0927. The second kappa shape index (κ2) is 8.10. The zero-order valence-electron chi connectivity index (χ0n) is 16.7. The normalized spacial score (nSPS) is 17.4. The molecule has 6 nitrogen and oxygen atoms in total. The van der Waals surface area contributed by atoms with Gasteiger partial charge in [0, 0.05) is 49.2 Å². The Morgan fingerprint density at radius 1 is 1.23 bits per heavy atom. The zero-order chi connectivity index (χ0) is 20.5. The van der Waals surface area contributed by atoms with E-state index in [9.17, 15) is 4.79 Å². The van der Waals surface area contributed by atoms with E-state index < -0.39 is 0 Å². The number of morpholine rings is 1. The third-order valence-electron chi connectivity index (χ3n) is 5.45. The van der Waals surface area contributed by atoms with Gasteiger partial charge in [0.1, 0.15) is 9.71 Å². The van der Waals surface area contributed by atoms with Crippen molar-refractivity contribution in [2.75, 3.05) is 26.7 Å². The van der Waals surface area contributed by atoms with Crippen LogP contribution in [0.3, 0.4) is 0 Å². The molecule has 4 heterocycles. The average Bonchev–Trinajstić information content (AvgIpc) is 3.18. The van der Waals surface area contributed by atoms with Crippen LogP contribution in [0.2, 0.25) is 0 Å². The van der Waals surface area contributed by atoms with Gasteiger partial charge in [0.2, 0.25) is 0 Å². The van der Waals surface area contributed by atoms with E-state index in [0.29, 0.717) is 18.0 Å². The van der Waals surface area contributed by atoms with E-state index in [2.05, 4.69) is 33.4 Å². The second-order valence-electron chi connectivity index (χ2n) is 7.37. The van der Waals surface area contributed by atoms with Gasteiger partial charge in [0.25, 0.3) is 5.91 Å². The summed E-state index contributed by atoms with van der Waals surface area (Å²) in [6.07, 6.45) is 1.58. The molecule has 1 N–H and O–H groups in total. The lowest BCUT2D eigenvalue weighted by atomic mass is 10.0. The maximum Gasteiger partial charge on any atom is 0.261 e. The molecule has 5 rings (SSSR count). The summed E-state index contributed by atoms with van der Waals surface area (Å²) in [6, 6.07) is 16.3. The third kappa shape index (κ3) is 3.56. The minimum atomic E-state index is -0.176. The number of hydrogen-bond acceptors (Lipinski definition) is 6. The van der Waals surface area contributed by atoms with Gasteiger partial charge in [-0.15, -0.1) is 11.3 Å². The highest BCUT2D eigenvalue weighted by Gasteiger charge is 2.30. The van der Waals surface area contributed by atoms with Gasteiger partial charge >= 0.3 is 0 Å². The lowest BCUT2D eigenvalue weighted by Crippen LogP contribution is -2.38. The molecular formula is C23H22N4O2S. The fourth-order valence-corrected chi connectivity index (χ4v) is 5.14. The highest BCUT2D eigenvalue weighted by Crippen LogP contribution is 2.37. The SMILES string of the molecule is CNC(=O)c1sc2ncccc2c1C1CN(Cc2ccc3ccccc3n2)CCO1. The fourth-order valence-electron chi connectivity index (χ4n) is 4.00. The molecule has 1 aromatic carbocycles. The van der Waals surface area contributed by atoms with Crippen molar-refractivity contribution in [1.29, 1.82) is 0 Å². The summed E-state index contributed by atoms with van der Waals surface area (Å²) in [5.74, 6) is -0.0927. The molecule has 1 fully saturated rings. The molecule has 7 heteroatoms. The number of benzene rings is 1. The van der Waals surface area contributed by atoms with Crippen LogP contribution in [0.15, 0.2) is 54.7 Å². The van der Waals surface area contributed by atoms with Crippen LogP contribution in [0.25, 0.3) is 21.1 Å². The standard InChI is InChI=1S/C23H22N4O2S/c1-24-22(28)21-20(17-6-4-10-25-23(17)30-21)19-14-27(11-12-29-19)13-16-9-8-15-5-2-3-7-18(15)26-16/h2-10,19H,11-14H2,1H3,(H,24,28). The number of ether oxygens (including phenoxy) is 1. The second-order valence-corrected chi connectivity index (χ2v) is 8.37. The predicted octanol–water partition coefficient (Wildman–Crippen LogP) is 3.78. The number of carbonyl (C=O) groups excluding carboxylic acids is 1. The van der Waals surface area contributed by atoms with Crippen LogP contribution in [-0.2, 0) is 11.3 Å². The molecule has 1 amide bonds. The highest BCUT2D eigenvalue weighted by molar-refractivity contribution is 7.20. The van der Waals surface area contributed by atoms with Crippen LogP contribution in [-0.4, -0.2) is 47.5 Å². The number of aromatic nitrogens is 2. The predicted molar refractivity (Wildman–Crippen MR) is 119 cm³/mol. The Morgan fingerprint density at radius 2 is 2.13 bits per heavy atom. The maximum atomic E-state index is 12.5. The Labute approximate surface area is 178 Å². The van der Waals surface area contributed by atoms with Gasteiger partial charge in [0.05, 0.1) is 23.9 Å². The van der Waals surface area contributed by atoms with E-state index in [1.165, 1.54) is 11.3 Å². The van der Waals surface area contributed by atoms with Crippen LogP contribution in [0.1, 0.15) is 27.0 Å². The summed E-state index contributed by atoms with van der Waals surface area (Å²) < 4.78 is 6.14. The van der Waals surface area contributed by atoms with Crippen molar-refractivity contribution in [3.05, 3.63) is 70.9 Å². The topological polar surface area (TPSA) is 67.4 Å². The summed E-state index contributed by atoms with van der Waals surface area (Å²) in [7, 11) is 1.66. The molecule has 1 aliphatic heterocycles. The number of rotatable bonds is 4. The Bertz CT molecular complexity index is 1220. The first-order valence-corrected chi connectivity index (χ1v) is 10.8. The molecule has 1 saturated heterocycles. The van der Waals surface area contributed by atoms with Gasteiger partial charge in [-0.05, 0) is 18.2 Å². The maximum absolute atomic E-state index is 12.5. The molecule has 0 aliphatic carbocycles. The monoisotopic (exact) mass is 418 g/mol. The molecule has 30 heavy (non-hydrogen) atoms. The lowest BCUT2D eigenvalue weighted by molar-refractivity contribution is -0.0326. The molecule has 1 aliphatic rings. The molecule has 0 radical (unpaired) electrons. The summed E-state index contributed by atoms with van der Waals surface area (Å²) in [5.41, 5.74) is 2.99. The van der Waals surface area contributed by atoms with Crippen molar-refractivity contribution < 1.29 is 9.53 Å². The Balaban J connectivity index is 1.43. The van der Waals surface area contributed by atoms with E-state index in [1.807, 2.05) is 30.3 Å². The minimum Gasteiger partial charge on any atom is -0.371 e. The van der Waals surface area contributed by atoms with E-state index in [1.54, 1.807) is 13.2 Å². The Hall–Kier alpha value is -2.87. The van der Waals surface area contributed by atoms with E-state index in [-0.39, 0.29) is 12.0 Å². The van der Waals surface area contributed by atoms with E-state index in [4.69, 9.17) is 9.72 Å². The van der Waals surface area contributed by atoms with Crippen LogP contribution in [0.4, 0.5) is 0 Å². The molecule has 0 spiro atoms. The third-order valence-corrected chi connectivity index (χ3v) is 6.58. The van der Waals surface area contributed by atoms with Crippen molar-refractivity contribution in [2.24, 2.45) is 0 Å². The van der Waals surface area contributed by atoms with E-state index >= 15 is 0 Å². The fraction of sp³-hybridized carbons (Fsp3) is 0.261. The number of hydrogen-bond donors (Lipinski definition) is 1. The van der Waals surface area contributed by atoms with Crippen molar-refractivity contribution in [1.82, 2.24) is 20.2 Å². The molecule has 0 bridgehead atoms. The van der Waals surface area contributed by atoms with Crippen molar-refractivity contribution in [3.63, 3.8) is 0 Å². The van der Waals surface area contributed by atoms with Gasteiger partial charge in [-0.3, -0.25) is 14.7 Å². The molecule has 152 valence electrons. The number of para-hydroxylation sites is 1. The smallest absolute Gasteiger partial charge is 0.261 e. The lowest BCUT2D eigenvalue weighted by Gasteiger charge is -2.33. The first kappa shape index (κ1) is 19.1. The Kier molecular flexibility index (Phi) is 5.16. The number of fused-ring (bicyclic) bond motifs is 2. The first-order valence-electron chi connectivity index (χ1n) is 10.0. The van der Waals surface area contributed by atoms with Gasteiger partial charge in [-0.25, -0.2) is 4.98 Å². The number of pyridine rings is 2. The van der Waals surface area contributed by atoms with Crippen molar-refractivity contribution in [2.45, 2.75) is 12.6 Å². The average molecular weight is 419 g/mol. The van der Waals surface area contributed by atoms with Crippen LogP contribution < -0.4 is 5.32 Å². The number of nitrogens with one attached hydrogen (secondary N) is 1. The van der Waals surface area contributed by atoms with Gasteiger partial charge < -0.3 is 10.1 Å². The zero-order valence-corrected chi connectivity index (χ0v) is 17.5. The van der Waals surface area contributed by atoms with Gasteiger partial charge in [-0.2, -0.15) is 0 Å². The molecule has 3 aromatic heterocycles. The molecule has 1 unspecified atom stereocenters. The first-order chi connectivity index (χ1) is 14.7. The summed E-state index contributed by atoms with van der Waals surface area (Å²) in [5, 5.41) is 4.90. The molecule has 4 aromatic rings. The largest absolute Gasteiger partial charge is 0.371 e. The Morgan fingerprint density at radius 3 is 3.03 bits per heavy atom. The number of amides is 1. The summed E-state index contributed by atoms with van der Waals surface area (Å²) in [4.78, 5) is 25.7. The summed E-state index contributed by atoms with van der Waals surface area (Å²) in [6.45, 7) is 2.91. The molecule has 1 atom stereocenters. The van der Waals surface area contributed by atoms with E-state index in [0.717, 1.165) is 45.5 Å². The van der Waals surface area contributed by atoms with Crippen molar-refractivity contribution >= 4 is 38.4 Å². The number of nitrogens with zero attached hydrogens (tertiary/aromatic N) is 3. The van der Waals surface area contributed by atoms with Gasteiger partial charge in [-0.1, -0.05) is 30.3 Å². The van der Waals surface area contributed by atoms with Crippen LogP contribution >= 0.6 is 11.3 Å². The highest BCUT2D eigenvalue weighted by atomic mass is 32.1. The number of carbonyl (C=O) groups is 1. The van der Waals surface area contributed by atoms with Crippen LogP contribution in [0.5, 0.6) is 0 Å². The number of thiophene rings is 1. The van der Waals surface area contributed by atoms with Crippen LogP contribution in [0, 0.1) is 0 Å². The van der Waals surface area contributed by atoms with Crippen molar-refractivity contribution in [3.8, 4) is 0 Å². The molecule has 0 saturated carbocycles. The van der Waals surface area contributed by atoms with Gasteiger partial charge in [0.15, 0.2) is 0 Å².